The van der Waals surface area contributed by atoms with Crippen molar-refractivity contribution in [3.8, 4) is 0 Å². The fourth-order valence-corrected chi connectivity index (χ4v) is 3.43. The predicted molar refractivity (Wildman–Crippen MR) is 95.2 cm³/mol. The molecule has 0 saturated carbocycles. The van der Waals surface area contributed by atoms with Crippen LogP contribution < -0.4 is 5.73 Å². The van der Waals surface area contributed by atoms with Crippen LogP contribution in [0.1, 0.15) is 70.6 Å². The largest absolute Gasteiger partial charge is 0.325 e. The lowest BCUT2D eigenvalue weighted by Crippen LogP contribution is -2.38. The molecule has 3 heteroatoms. The number of rotatable bonds is 7. The fourth-order valence-electron chi connectivity index (χ4n) is 3.43. The summed E-state index contributed by atoms with van der Waals surface area (Å²) in [6.07, 6.45) is 5.42. The Morgan fingerprint density at radius 2 is 2.00 bits per heavy atom. The first-order valence-electron chi connectivity index (χ1n) is 8.62. The molecule has 2 rings (SSSR count). The maximum atomic E-state index is 6.43. The number of aromatic nitrogens is 2. The standard InChI is InChI=1S/C19H31N3/c1-6-8-14(3)15-9-10-16-17(13-19(4,20)11-7-2)21-22(5)18(16)12-15/h9-10,12,14H,6-8,11,13,20H2,1-5H3. The maximum absolute atomic E-state index is 6.43. The second-order valence-corrected chi connectivity index (χ2v) is 7.12. The van der Waals surface area contributed by atoms with Gasteiger partial charge in [0.15, 0.2) is 0 Å². The number of fused-ring (bicyclic) bond motifs is 1. The number of hydrogen-bond donors (Lipinski definition) is 1. The molecule has 0 aliphatic heterocycles. The number of hydrogen-bond acceptors (Lipinski definition) is 2. The second kappa shape index (κ2) is 6.82. The third-order valence-corrected chi connectivity index (χ3v) is 4.64. The molecule has 1 aromatic carbocycles. The SMILES string of the molecule is CCCC(C)c1ccc2c(CC(C)(N)CCC)nn(C)c2c1. The zero-order valence-corrected chi connectivity index (χ0v) is 14.8. The molecule has 2 unspecified atom stereocenters. The summed E-state index contributed by atoms with van der Waals surface area (Å²) >= 11 is 0. The smallest absolute Gasteiger partial charge is 0.0721 e. The van der Waals surface area contributed by atoms with Gasteiger partial charge in [0.2, 0.25) is 0 Å². The number of aryl methyl sites for hydroxylation is 1. The highest BCUT2D eigenvalue weighted by Gasteiger charge is 2.22. The number of nitrogens with zero attached hydrogens (tertiary/aromatic N) is 2. The summed E-state index contributed by atoms with van der Waals surface area (Å²) in [6.45, 7) is 8.87. The molecule has 0 bridgehead atoms. The van der Waals surface area contributed by atoms with Gasteiger partial charge in [0, 0.05) is 24.4 Å². The van der Waals surface area contributed by atoms with Crippen LogP contribution in [-0.2, 0) is 13.5 Å². The third-order valence-electron chi connectivity index (χ3n) is 4.64. The Morgan fingerprint density at radius 3 is 2.64 bits per heavy atom. The van der Waals surface area contributed by atoms with E-state index in [4.69, 9.17) is 10.8 Å². The monoisotopic (exact) mass is 301 g/mol. The van der Waals surface area contributed by atoms with Gasteiger partial charge in [0.1, 0.15) is 0 Å². The highest BCUT2D eigenvalue weighted by Crippen LogP contribution is 2.28. The molecule has 22 heavy (non-hydrogen) atoms. The van der Waals surface area contributed by atoms with Gasteiger partial charge in [-0.2, -0.15) is 5.10 Å². The summed E-state index contributed by atoms with van der Waals surface area (Å²) in [4.78, 5) is 0. The van der Waals surface area contributed by atoms with E-state index in [1.807, 2.05) is 11.7 Å². The molecular weight excluding hydrogens is 270 g/mol. The first kappa shape index (κ1) is 17.0. The Bertz CT molecular complexity index is 625. The Labute approximate surface area is 134 Å². The van der Waals surface area contributed by atoms with Gasteiger partial charge < -0.3 is 5.73 Å². The Hall–Kier alpha value is -1.35. The molecule has 0 fully saturated rings. The van der Waals surface area contributed by atoms with Crippen molar-refractivity contribution in [2.45, 2.75) is 71.3 Å². The van der Waals surface area contributed by atoms with Crippen molar-refractivity contribution >= 4 is 10.9 Å². The van der Waals surface area contributed by atoms with Gasteiger partial charge in [-0.25, -0.2) is 0 Å². The van der Waals surface area contributed by atoms with Crippen LogP contribution in [0, 0.1) is 0 Å². The first-order chi connectivity index (χ1) is 10.4. The van der Waals surface area contributed by atoms with Crippen LogP contribution in [0.25, 0.3) is 10.9 Å². The van der Waals surface area contributed by atoms with Crippen molar-refractivity contribution in [3.63, 3.8) is 0 Å². The van der Waals surface area contributed by atoms with Crippen molar-refractivity contribution in [1.82, 2.24) is 9.78 Å². The van der Waals surface area contributed by atoms with Crippen LogP contribution >= 0.6 is 0 Å². The minimum absolute atomic E-state index is 0.176. The van der Waals surface area contributed by atoms with Crippen LogP contribution in [0.15, 0.2) is 18.2 Å². The highest BCUT2D eigenvalue weighted by atomic mass is 15.3. The summed E-state index contributed by atoms with van der Waals surface area (Å²) in [5, 5.41) is 5.99. The predicted octanol–water partition coefficient (Wildman–Crippen LogP) is 4.54. The third kappa shape index (κ3) is 3.70. The van der Waals surface area contributed by atoms with Gasteiger partial charge in [-0.1, -0.05) is 45.7 Å². The van der Waals surface area contributed by atoms with Crippen LogP contribution in [0.4, 0.5) is 0 Å². The zero-order chi connectivity index (χ0) is 16.3. The molecule has 2 atom stereocenters. The summed E-state index contributed by atoms with van der Waals surface area (Å²) in [5.74, 6) is 0.604. The zero-order valence-electron chi connectivity index (χ0n) is 14.8. The maximum Gasteiger partial charge on any atom is 0.0721 e. The van der Waals surface area contributed by atoms with Gasteiger partial charge in [-0.05, 0) is 37.3 Å². The van der Waals surface area contributed by atoms with Crippen molar-refractivity contribution in [3.05, 3.63) is 29.5 Å². The van der Waals surface area contributed by atoms with E-state index in [0.29, 0.717) is 5.92 Å². The molecule has 1 heterocycles. The van der Waals surface area contributed by atoms with Gasteiger partial charge in [-0.3, -0.25) is 4.68 Å². The van der Waals surface area contributed by atoms with Crippen LogP contribution in [-0.4, -0.2) is 15.3 Å². The van der Waals surface area contributed by atoms with Crippen LogP contribution in [0.3, 0.4) is 0 Å². The van der Waals surface area contributed by atoms with E-state index >= 15 is 0 Å². The normalized spacial score (nSPS) is 15.9. The topological polar surface area (TPSA) is 43.8 Å². The lowest BCUT2D eigenvalue weighted by Gasteiger charge is -2.23. The van der Waals surface area contributed by atoms with Gasteiger partial charge in [0.05, 0.1) is 11.2 Å². The van der Waals surface area contributed by atoms with Gasteiger partial charge in [-0.15, -0.1) is 0 Å². The molecule has 0 radical (unpaired) electrons. The Morgan fingerprint density at radius 1 is 1.27 bits per heavy atom. The average molecular weight is 301 g/mol. The minimum Gasteiger partial charge on any atom is -0.325 e. The molecule has 0 amide bonds. The molecule has 0 saturated heterocycles. The molecule has 0 aliphatic rings. The summed E-state index contributed by atoms with van der Waals surface area (Å²) in [7, 11) is 2.04. The van der Waals surface area contributed by atoms with E-state index < -0.39 is 0 Å². The number of benzene rings is 1. The minimum atomic E-state index is -0.176. The Kier molecular flexibility index (Phi) is 5.28. The number of nitrogens with two attached hydrogens (primary N) is 1. The molecular formula is C19H31N3. The van der Waals surface area contributed by atoms with E-state index in [9.17, 15) is 0 Å². The summed E-state index contributed by atoms with van der Waals surface area (Å²) < 4.78 is 2.01. The summed E-state index contributed by atoms with van der Waals surface area (Å²) in [5.41, 5.74) is 10.0. The van der Waals surface area contributed by atoms with Crippen molar-refractivity contribution < 1.29 is 0 Å². The fraction of sp³-hybridized carbons (Fsp3) is 0.632. The van der Waals surface area contributed by atoms with E-state index in [1.165, 1.54) is 29.3 Å². The summed E-state index contributed by atoms with van der Waals surface area (Å²) in [6, 6.07) is 6.81. The van der Waals surface area contributed by atoms with Crippen molar-refractivity contribution in [1.29, 1.82) is 0 Å². The van der Waals surface area contributed by atoms with Crippen molar-refractivity contribution in [2.24, 2.45) is 12.8 Å². The van der Waals surface area contributed by atoms with Crippen LogP contribution in [0.2, 0.25) is 0 Å². The molecule has 2 aromatic rings. The second-order valence-electron chi connectivity index (χ2n) is 7.12. The molecule has 3 nitrogen and oxygen atoms in total. The lowest BCUT2D eigenvalue weighted by molar-refractivity contribution is 0.420. The van der Waals surface area contributed by atoms with Crippen LogP contribution in [0.5, 0.6) is 0 Å². The van der Waals surface area contributed by atoms with E-state index in [2.05, 4.69) is 45.9 Å². The van der Waals surface area contributed by atoms with E-state index in [1.54, 1.807) is 0 Å². The quantitative estimate of drug-likeness (QED) is 0.816. The molecule has 122 valence electrons. The van der Waals surface area contributed by atoms with Crippen molar-refractivity contribution in [2.75, 3.05) is 0 Å². The molecule has 1 aromatic heterocycles. The average Bonchev–Trinajstić information content (AvgIpc) is 2.74. The lowest BCUT2D eigenvalue weighted by atomic mass is 9.90. The Balaban J connectivity index is 2.35. The van der Waals surface area contributed by atoms with Gasteiger partial charge in [0.25, 0.3) is 0 Å². The van der Waals surface area contributed by atoms with E-state index in [0.717, 1.165) is 25.0 Å². The highest BCUT2D eigenvalue weighted by molar-refractivity contribution is 5.83. The first-order valence-corrected chi connectivity index (χ1v) is 8.62. The van der Waals surface area contributed by atoms with E-state index in [-0.39, 0.29) is 5.54 Å². The molecule has 2 N–H and O–H groups in total. The molecule has 0 aliphatic carbocycles. The molecule has 0 spiro atoms. The van der Waals surface area contributed by atoms with Gasteiger partial charge >= 0.3 is 0 Å².